The minimum atomic E-state index is 0.614. The van der Waals surface area contributed by atoms with Gasteiger partial charge in [0.1, 0.15) is 0 Å². The second-order valence-corrected chi connectivity index (χ2v) is 5.91. The van der Waals surface area contributed by atoms with Crippen molar-refractivity contribution in [2.75, 3.05) is 13.1 Å². The number of hydrogen-bond donors (Lipinski definition) is 1. The van der Waals surface area contributed by atoms with Crippen molar-refractivity contribution in [3.8, 4) is 11.5 Å². The van der Waals surface area contributed by atoms with Gasteiger partial charge in [0.05, 0.1) is 13.2 Å². The summed E-state index contributed by atoms with van der Waals surface area (Å²) in [6.07, 6.45) is 3.37. The molecule has 0 amide bonds. The van der Waals surface area contributed by atoms with E-state index in [1.165, 1.54) is 24.0 Å². The van der Waals surface area contributed by atoms with Crippen LogP contribution >= 0.6 is 0 Å². The molecule has 0 saturated carbocycles. The van der Waals surface area contributed by atoms with E-state index >= 15 is 0 Å². The lowest BCUT2D eigenvalue weighted by atomic mass is 9.96. The standard InChI is InChI=1S/C16H19N3O2/c1-2-11(8-17-5-1)6-15-18-16(21-19-15)12-3-4-13-9-20-10-14(13)7-12/h3-4,7,11,17H,1-2,5-6,8-10H2. The highest BCUT2D eigenvalue weighted by atomic mass is 16.5. The summed E-state index contributed by atoms with van der Waals surface area (Å²) in [6.45, 7) is 3.57. The molecule has 4 rings (SSSR count). The van der Waals surface area contributed by atoms with Gasteiger partial charge < -0.3 is 14.6 Å². The van der Waals surface area contributed by atoms with Crippen LogP contribution in [-0.4, -0.2) is 23.2 Å². The van der Waals surface area contributed by atoms with Gasteiger partial charge in [0, 0.05) is 12.0 Å². The molecule has 1 fully saturated rings. The predicted octanol–water partition coefficient (Wildman–Crippen LogP) is 2.31. The second kappa shape index (κ2) is 5.58. The van der Waals surface area contributed by atoms with Gasteiger partial charge in [0.25, 0.3) is 5.89 Å². The third kappa shape index (κ3) is 2.71. The molecule has 1 aromatic heterocycles. The van der Waals surface area contributed by atoms with Gasteiger partial charge in [-0.25, -0.2) is 0 Å². The zero-order chi connectivity index (χ0) is 14.1. The molecule has 2 aliphatic rings. The summed E-state index contributed by atoms with van der Waals surface area (Å²) in [5, 5.41) is 7.56. The molecule has 2 aliphatic heterocycles. The van der Waals surface area contributed by atoms with Crippen LogP contribution in [0.5, 0.6) is 0 Å². The van der Waals surface area contributed by atoms with Crippen LogP contribution in [0.4, 0.5) is 0 Å². The van der Waals surface area contributed by atoms with E-state index in [1.54, 1.807) is 0 Å². The Balaban J connectivity index is 1.51. The smallest absolute Gasteiger partial charge is 0.257 e. The van der Waals surface area contributed by atoms with Gasteiger partial charge in [-0.1, -0.05) is 11.2 Å². The number of nitrogens with zero attached hydrogens (tertiary/aromatic N) is 2. The highest BCUT2D eigenvalue weighted by Crippen LogP contribution is 2.26. The molecule has 0 radical (unpaired) electrons. The number of fused-ring (bicyclic) bond motifs is 1. The number of benzene rings is 1. The van der Waals surface area contributed by atoms with Crippen LogP contribution in [0.1, 0.15) is 29.8 Å². The van der Waals surface area contributed by atoms with Gasteiger partial charge in [-0.05, 0) is 55.1 Å². The van der Waals surface area contributed by atoms with Crippen LogP contribution in [0.2, 0.25) is 0 Å². The number of rotatable bonds is 3. The largest absolute Gasteiger partial charge is 0.372 e. The molecule has 5 heteroatoms. The molecule has 0 spiro atoms. The second-order valence-electron chi connectivity index (χ2n) is 5.91. The van der Waals surface area contributed by atoms with Gasteiger partial charge in [0.2, 0.25) is 0 Å². The fourth-order valence-corrected chi connectivity index (χ4v) is 3.12. The third-order valence-electron chi connectivity index (χ3n) is 4.31. The molecule has 5 nitrogen and oxygen atoms in total. The monoisotopic (exact) mass is 285 g/mol. The Kier molecular flexibility index (Phi) is 3.45. The van der Waals surface area contributed by atoms with Crippen molar-refractivity contribution < 1.29 is 9.26 Å². The molecule has 110 valence electrons. The van der Waals surface area contributed by atoms with Crippen LogP contribution in [-0.2, 0) is 24.4 Å². The molecule has 3 heterocycles. The lowest BCUT2D eigenvalue weighted by Gasteiger charge is -2.20. The minimum absolute atomic E-state index is 0.614. The van der Waals surface area contributed by atoms with Gasteiger partial charge in [0.15, 0.2) is 5.82 Å². The van der Waals surface area contributed by atoms with Gasteiger partial charge >= 0.3 is 0 Å². The highest BCUT2D eigenvalue weighted by molar-refractivity contribution is 5.56. The topological polar surface area (TPSA) is 60.2 Å². The fraction of sp³-hybridized carbons (Fsp3) is 0.500. The molecule has 1 unspecified atom stereocenters. The quantitative estimate of drug-likeness (QED) is 0.937. The van der Waals surface area contributed by atoms with Crippen molar-refractivity contribution in [3.05, 3.63) is 35.2 Å². The number of piperidine rings is 1. The molecule has 0 bridgehead atoms. The van der Waals surface area contributed by atoms with Crippen molar-refractivity contribution in [1.29, 1.82) is 0 Å². The average molecular weight is 285 g/mol. The van der Waals surface area contributed by atoms with Gasteiger partial charge in [-0.3, -0.25) is 0 Å². The van der Waals surface area contributed by atoms with E-state index in [4.69, 9.17) is 9.26 Å². The number of ether oxygens (including phenoxy) is 1. The highest BCUT2D eigenvalue weighted by Gasteiger charge is 2.18. The lowest BCUT2D eigenvalue weighted by Crippen LogP contribution is -2.31. The first kappa shape index (κ1) is 13.0. The van der Waals surface area contributed by atoms with E-state index in [9.17, 15) is 0 Å². The summed E-state index contributed by atoms with van der Waals surface area (Å²) in [5.41, 5.74) is 3.47. The van der Waals surface area contributed by atoms with Crippen LogP contribution in [0.15, 0.2) is 22.7 Å². The Morgan fingerprint density at radius 2 is 2.19 bits per heavy atom. The molecule has 1 aromatic carbocycles. The summed E-state index contributed by atoms with van der Waals surface area (Å²) >= 11 is 0. The van der Waals surface area contributed by atoms with Crippen LogP contribution < -0.4 is 5.32 Å². The first-order valence-corrected chi connectivity index (χ1v) is 7.62. The maximum absolute atomic E-state index is 5.44. The van der Waals surface area contributed by atoms with Crippen LogP contribution in [0, 0.1) is 5.92 Å². The maximum Gasteiger partial charge on any atom is 0.257 e. The van der Waals surface area contributed by atoms with Crippen molar-refractivity contribution in [2.45, 2.75) is 32.5 Å². The van der Waals surface area contributed by atoms with E-state index in [0.717, 1.165) is 30.9 Å². The van der Waals surface area contributed by atoms with E-state index in [-0.39, 0.29) is 0 Å². The van der Waals surface area contributed by atoms with E-state index < -0.39 is 0 Å². The molecule has 1 atom stereocenters. The zero-order valence-electron chi connectivity index (χ0n) is 12.0. The van der Waals surface area contributed by atoms with Crippen molar-refractivity contribution >= 4 is 0 Å². The van der Waals surface area contributed by atoms with Gasteiger partial charge in [-0.2, -0.15) is 4.98 Å². The van der Waals surface area contributed by atoms with Crippen molar-refractivity contribution in [2.24, 2.45) is 5.92 Å². The average Bonchev–Trinajstić information content (AvgIpc) is 3.16. The molecule has 1 N–H and O–H groups in total. The minimum Gasteiger partial charge on any atom is -0.372 e. The van der Waals surface area contributed by atoms with Crippen molar-refractivity contribution in [1.82, 2.24) is 15.5 Å². The molecule has 21 heavy (non-hydrogen) atoms. The molecule has 1 saturated heterocycles. The summed E-state index contributed by atoms with van der Waals surface area (Å²) in [7, 11) is 0. The van der Waals surface area contributed by atoms with E-state index in [2.05, 4.69) is 27.6 Å². The van der Waals surface area contributed by atoms with E-state index in [0.29, 0.717) is 25.0 Å². The number of hydrogen-bond acceptors (Lipinski definition) is 5. The third-order valence-corrected chi connectivity index (χ3v) is 4.31. The molecular weight excluding hydrogens is 266 g/mol. The number of nitrogens with one attached hydrogen (secondary N) is 1. The van der Waals surface area contributed by atoms with Crippen LogP contribution in [0.3, 0.4) is 0 Å². The first-order chi connectivity index (χ1) is 10.4. The molecular formula is C16H19N3O2. The van der Waals surface area contributed by atoms with Gasteiger partial charge in [-0.15, -0.1) is 0 Å². The number of aromatic nitrogens is 2. The SMILES string of the molecule is c1cc2c(cc1-c1nc(CC3CCCNC3)no1)COC2. The Bertz CT molecular complexity index is 632. The summed E-state index contributed by atoms with van der Waals surface area (Å²) in [6, 6.07) is 6.22. The van der Waals surface area contributed by atoms with E-state index in [1.807, 2.05) is 6.07 Å². The Hall–Kier alpha value is -1.72. The molecule has 0 aliphatic carbocycles. The lowest BCUT2D eigenvalue weighted by molar-refractivity contribution is 0.134. The maximum atomic E-state index is 5.44. The summed E-state index contributed by atoms with van der Waals surface area (Å²) < 4.78 is 10.9. The van der Waals surface area contributed by atoms with Crippen LogP contribution in [0.25, 0.3) is 11.5 Å². The Morgan fingerprint density at radius 3 is 3.10 bits per heavy atom. The predicted molar refractivity (Wildman–Crippen MR) is 77.5 cm³/mol. The Labute approximate surface area is 123 Å². The molecule has 2 aromatic rings. The summed E-state index contributed by atoms with van der Waals surface area (Å²) in [5.74, 6) is 2.05. The zero-order valence-corrected chi connectivity index (χ0v) is 12.0. The first-order valence-electron chi connectivity index (χ1n) is 7.62. The van der Waals surface area contributed by atoms with Crippen molar-refractivity contribution in [3.63, 3.8) is 0 Å². The fourth-order valence-electron chi connectivity index (χ4n) is 3.12. The Morgan fingerprint density at radius 1 is 1.24 bits per heavy atom. The summed E-state index contributed by atoms with van der Waals surface area (Å²) in [4.78, 5) is 4.55. The normalized spacial score (nSPS) is 21.4.